The van der Waals surface area contributed by atoms with E-state index in [4.69, 9.17) is 11.6 Å². The maximum Gasteiger partial charge on any atom is 0.223 e. The van der Waals surface area contributed by atoms with Crippen molar-refractivity contribution in [1.82, 2.24) is 14.9 Å². The smallest absolute Gasteiger partial charge is 0.223 e. The van der Waals surface area contributed by atoms with Crippen molar-refractivity contribution in [3.05, 3.63) is 17.2 Å². The van der Waals surface area contributed by atoms with Crippen molar-refractivity contribution in [3.8, 4) is 0 Å². The molecule has 4 nitrogen and oxygen atoms in total. The molecule has 0 spiro atoms. The summed E-state index contributed by atoms with van der Waals surface area (Å²) in [5.41, 5.74) is 0. The van der Waals surface area contributed by atoms with E-state index >= 15 is 0 Å². The van der Waals surface area contributed by atoms with E-state index < -0.39 is 0 Å². The lowest BCUT2D eigenvalue weighted by Gasteiger charge is -2.26. The highest BCUT2D eigenvalue weighted by atomic mass is 35.5. The van der Waals surface area contributed by atoms with Gasteiger partial charge in [-0.1, -0.05) is 11.6 Å². The van der Waals surface area contributed by atoms with Crippen LogP contribution in [0.15, 0.2) is 6.20 Å². The molecule has 1 aliphatic rings. The molecular weight excluding hydrogens is 178 g/mol. The number of amides is 1. The number of aromatic nitrogens is 2. The van der Waals surface area contributed by atoms with Crippen molar-refractivity contribution >= 4 is 17.5 Å². The molecule has 1 N–H and O–H groups in total. The average molecular weight is 186 g/mol. The lowest BCUT2D eigenvalue weighted by Crippen LogP contribution is -2.42. The molecule has 1 saturated heterocycles. The van der Waals surface area contributed by atoms with E-state index in [1.165, 1.54) is 0 Å². The first-order valence-electron chi connectivity index (χ1n) is 3.65. The van der Waals surface area contributed by atoms with Gasteiger partial charge < -0.3 is 9.88 Å². The van der Waals surface area contributed by atoms with Gasteiger partial charge in [-0.25, -0.2) is 4.98 Å². The maximum atomic E-state index is 10.6. The zero-order chi connectivity index (χ0) is 8.72. The van der Waals surface area contributed by atoms with Crippen LogP contribution < -0.4 is 5.32 Å². The Morgan fingerprint density at radius 3 is 2.92 bits per heavy atom. The first kappa shape index (κ1) is 7.61. The van der Waals surface area contributed by atoms with Crippen LogP contribution in [0.3, 0.4) is 0 Å². The summed E-state index contributed by atoms with van der Waals surface area (Å²) in [7, 11) is 1.83. The third-order valence-electron chi connectivity index (χ3n) is 2.00. The fraction of sp³-hybridized carbons (Fsp3) is 0.429. The zero-order valence-electron chi connectivity index (χ0n) is 6.54. The Labute approximate surface area is 74.5 Å². The summed E-state index contributed by atoms with van der Waals surface area (Å²) in [5.74, 6) is 0.888. The summed E-state index contributed by atoms with van der Waals surface area (Å²) in [6.45, 7) is 0. The largest absolute Gasteiger partial charge is 0.346 e. The van der Waals surface area contributed by atoms with Crippen LogP contribution in [0.25, 0.3) is 0 Å². The van der Waals surface area contributed by atoms with E-state index in [1.807, 2.05) is 7.05 Å². The van der Waals surface area contributed by atoms with Crippen LogP contribution in [-0.4, -0.2) is 15.5 Å². The molecule has 0 aliphatic carbocycles. The summed E-state index contributed by atoms with van der Waals surface area (Å²) in [5, 5.41) is 3.32. The molecule has 12 heavy (non-hydrogen) atoms. The van der Waals surface area contributed by atoms with Gasteiger partial charge in [-0.3, -0.25) is 4.79 Å². The SMILES string of the molecule is Cn1c(Cl)cnc1C1CC(=O)N1. The minimum atomic E-state index is 0.0509. The molecule has 2 rings (SSSR count). The molecule has 0 radical (unpaired) electrons. The highest BCUT2D eigenvalue weighted by Gasteiger charge is 2.30. The van der Waals surface area contributed by atoms with E-state index in [0.29, 0.717) is 11.6 Å². The lowest BCUT2D eigenvalue weighted by molar-refractivity contribution is -0.128. The number of hydrogen-bond acceptors (Lipinski definition) is 2. The topological polar surface area (TPSA) is 46.9 Å². The number of carbonyl (C=O) groups is 1. The minimum Gasteiger partial charge on any atom is -0.346 e. The van der Waals surface area contributed by atoms with Crippen molar-refractivity contribution in [2.45, 2.75) is 12.5 Å². The molecule has 1 aromatic rings. The predicted octanol–water partition coefficient (Wildman–Crippen LogP) is 0.634. The molecule has 1 fully saturated rings. The first-order chi connectivity index (χ1) is 5.68. The van der Waals surface area contributed by atoms with Gasteiger partial charge in [-0.15, -0.1) is 0 Å². The molecule has 1 unspecified atom stereocenters. The predicted molar refractivity (Wildman–Crippen MR) is 43.7 cm³/mol. The molecule has 1 atom stereocenters. The fourth-order valence-electron chi connectivity index (χ4n) is 1.24. The first-order valence-corrected chi connectivity index (χ1v) is 4.03. The minimum absolute atomic E-state index is 0.0509. The van der Waals surface area contributed by atoms with Crippen LogP contribution in [0.4, 0.5) is 0 Å². The highest BCUT2D eigenvalue weighted by molar-refractivity contribution is 6.29. The van der Waals surface area contributed by atoms with Crippen molar-refractivity contribution in [2.24, 2.45) is 7.05 Å². The number of carbonyl (C=O) groups excluding carboxylic acids is 1. The maximum absolute atomic E-state index is 10.6. The van der Waals surface area contributed by atoms with Gasteiger partial charge in [0.05, 0.1) is 18.7 Å². The molecule has 5 heteroatoms. The summed E-state index contributed by atoms with van der Waals surface area (Å²) in [6.07, 6.45) is 2.10. The number of β-lactam (4-membered cyclic amide) rings is 1. The summed E-state index contributed by atoms with van der Waals surface area (Å²) in [4.78, 5) is 14.7. The molecule has 1 amide bonds. The molecular formula is C7H8ClN3O. The zero-order valence-corrected chi connectivity index (χ0v) is 7.30. The molecule has 2 heterocycles. The monoisotopic (exact) mass is 185 g/mol. The van der Waals surface area contributed by atoms with E-state index in [2.05, 4.69) is 10.3 Å². The number of hydrogen-bond donors (Lipinski definition) is 1. The van der Waals surface area contributed by atoms with Gasteiger partial charge in [0.1, 0.15) is 11.0 Å². The molecule has 0 saturated carbocycles. The van der Waals surface area contributed by atoms with Gasteiger partial charge in [-0.05, 0) is 0 Å². The number of halogens is 1. The van der Waals surface area contributed by atoms with Crippen LogP contribution >= 0.6 is 11.6 Å². The van der Waals surface area contributed by atoms with Gasteiger partial charge in [0.2, 0.25) is 5.91 Å². The molecule has 64 valence electrons. The van der Waals surface area contributed by atoms with Crippen molar-refractivity contribution in [1.29, 1.82) is 0 Å². The van der Waals surface area contributed by atoms with Gasteiger partial charge in [0, 0.05) is 7.05 Å². The second-order valence-corrected chi connectivity index (χ2v) is 3.21. The summed E-state index contributed by atoms with van der Waals surface area (Å²) in [6, 6.07) is 0.0509. The number of rotatable bonds is 1. The Kier molecular flexibility index (Phi) is 1.58. The van der Waals surface area contributed by atoms with Crippen LogP contribution in [0.2, 0.25) is 5.15 Å². The van der Waals surface area contributed by atoms with Crippen LogP contribution in [0, 0.1) is 0 Å². The molecule has 0 aromatic carbocycles. The molecule has 1 aliphatic heterocycles. The number of imidazole rings is 1. The quantitative estimate of drug-likeness (QED) is 0.653. The van der Waals surface area contributed by atoms with Crippen LogP contribution in [0.1, 0.15) is 18.3 Å². The van der Waals surface area contributed by atoms with Gasteiger partial charge in [0.15, 0.2) is 0 Å². The highest BCUT2D eigenvalue weighted by Crippen LogP contribution is 2.24. The Hall–Kier alpha value is -1.03. The molecule has 1 aromatic heterocycles. The van der Waals surface area contributed by atoms with Crippen LogP contribution in [0.5, 0.6) is 0 Å². The van der Waals surface area contributed by atoms with E-state index in [9.17, 15) is 4.79 Å². The number of nitrogens with zero attached hydrogens (tertiary/aromatic N) is 2. The van der Waals surface area contributed by atoms with E-state index in [0.717, 1.165) is 5.82 Å². The fourth-order valence-corrected chi connectivity index (χ4v) is 1.38. The van der Waals surface area contributed by atoms with E-state index in [-0.39, 0.29) is 11.9 Å². The van der Waals surface area contributed by atoms with Crippen LogP contribution in [-0.2, 0) is 11.8 Å². The molecule has 0 bridgehead atoms. The van der Waals surface area contributed by atoms with Crippen molar-refractivity contribution in [3.63, 3.8) is 0 Å². The van der Waals surface area contributed by atoms with Gasteiger partial charge in [-0.2, -0.15) is 0 Å². The van der Waals surface area contributed by atoms with Gasteiger partial charge >= 0.3 is 0 Å². The Morgan fingerprint density at radius 2 is 2.50 bits per heavy atom. The third-order valence-corrected chi connectivity index (χ3v) is 2.35. The normalized spacial score (nSPS) is 21.8. The standard InChI is InChI=1S/C7H8ClN3O/c1-11-5(8)3-9-7(11)4-2-6(12)10-4/h3-4H,2H2,1H3,(H,10,12). The lowest BCUT2D eigenvalue weighted by atomic mass is 10.1. The summed E-state index contributed by atoms with van der Waals surface area (Å²) >= 11 is 5.78. The van der Waals surface area contributed by atoms with E-state index in [1.54, 1.807) is 10.8 Å². The van der Waals surface area contributed by atoms with Crippen molar-refractivity contribution < 1.29 is 4.79 Å². The van der Waals surface area contributed by atoms with Gasteiger partial charge in [0.25, 0.3) is 0 Å². The summed E-state index contributed by atoms with van der Waals surface area (Å²) < 4.78 is 1.77. The average Bonchev–Trinajstić information content (AvgIpc) is 2.28. The Morgan fingerprint density at radius 1 is 1.83 bits per heavy atom. The second kappa shape index (κ2) is 2.48. The Balaban J connectivity index is 2.23. The Bertz CT molecular complexity index is 325. The third kappa shape index (κ3) is 0.992. The number of nitrogens with one attached hydrogen (secondary N) is 1. The second-order valence-electron chi connectivity index (χ2n) is 2.82. The van der Waals surface area contributed by atoms with Crippen molar-refractivity contribution in [2.75, 3.05) is 0 Å².